The van der Waals surface area contributed by atoms with E-state index in [-0.39, 0.29) is 18.1 Å². The van der Waals surface area contributed by atoms with Gasteiger partial charge in [-0.1, -0.05) is 46.8 Å². The summed E-state index contributed by atoms with van der Waals surface area (Å²) < 4.78 is 5.41. The maximum Gasteiger partial charge on any atom is 0.307 e. The molecule has 0 saturated heterocycles. The van der Waals surface area contributed by atoms with Gasteiger partial charge in [0, 0.05) is 5.02 Å². The number of esters is 1. The summed E-state index contributed by atoms with van der Waals surface area (Å²) in [7, 11) is 1.31. The van der Waals surface area contributed by atoms with Gasteiger partial charge in [0.25, 0.3) is 0 Å². The number of halogens is 1. The first-order chi connectivity index (χ1) is 11.1. The second-order valence-corrected chi connectivity index (χ2v) is 6.94. The number of aromatic nitrogens is 2. The van der Waals surface area contributed by atoms with Gasteiger partial charge in [-0.3, -0.25) is 9.59 Å². The topological polar surface area (TPSA) is 81.2 Å². The minimum atomic E-state index is -0.470. The predicted molar refractivity (Wildman–Crippen MR) is 89.6 cm³/mol. The molecule has 6 nitrogen and oxygen atoms in total. The molecule has 0 radical (unpaired) electrons. The van der Waals surface area contributed by atoms with Crippen molar-refractivity contribution in [2.75, 3.05) is 12.9 Å². The van der Waals surface area contributed by atoms with Crippen molar-refractivity contribution < 1.29 is 14.3 Å². The first-order valence-corrected chi connectivity index (χ1v) is 8.83. The molecule has 0 saturated carbocycles. The number of ether oxygens (including phenoxy) is 1. The van der Waals surface area contributed by atoms with Crippen LogP contribution in [0.25, 0.3) is 0 Å². The number of amides is 1. The van der Waals surface area contributed by atoms with Gasteiger partial charge in [0.15, 0.2) is 4.34 Å². The fourth-order valence-electron chi connectivity index (χ4n) is 1.79. The third-order valence-electron chi connectivity index (χ3n) is 2.87. The molecule has 0 aliphatic heterocycles. The zero-order valence-electron chi connectivity index (χ0n) is 12.2. The lowest BCUT2D eigenvalue weighted by Gasteiger charge is -2.18. The molecule has 9 heteroatoms. The number of nitrogens with zero attached hydrogens (tertiary/aromatic N) is 2. The Morgan fingerprint density at radius 2 is 2.13 bits per heavy atom. The third-order valence-corrected chi connectivity index (χ3v) is 4.99. The Balaban J connectivity index is 1.99. The van der Waals surface area contributed by atoms with Gasteiger partial charge in [-0.2, -0.15) is 0 Å². The Morgan fingerprint density at radius 1 is 1.39 bits per heavy atom. The molecule has 0 aliphatic rings. The van der Waals surface area contributed by atoms with E-state index < -0.39 is 12.0 Å². The highest BCUT2D eigenvalue weighted by molar-refractivity contribution is 8.01. The lowest BCUT2D eigenvalue weighted by molar-refractivity contribution is -0.141. The van der Waals surface area contributed by atoms with E-state index in [2.05, 4.69) is 20.3 Å². The lowest BCUT2D eigenvalue weighted by Crippen LogP contribution is -2.31. The molecule has 1 heterocycles. The highest BCUT2D eigenvalue weighted by atomic mass is 35.5. The summed E-state index contributed by atoms with van der Waals surface area (Å²) >= 11 is 8.53. The molecule has 2 aromatic rings. The van der Waals surface area contributed by atoms with Crippen LogP contribution in [0.1, 0.15) is 18.0 Å². The first kappa shape index (κ1) is 17.7. The Morgan fingerprint density at radius 3 is 2.74 bits per heavy atom. The molecular formula is C14H14ClN3O3S2. The van der Waals surface area contributed by atoms with E-state index in [0.29, 0.717) is 5.02 Å². The number of benzene rings is 1. The SMILES string of the molecule is COC(=O)CC(NC(=O)CSc1nncs1)c1ccc(Cl)cc1. The molecule has 23 heavy (non-hydrogen) atoms. The van der Waals surface area contributed by atoms with Crippen LogP contribution in [-0.2, 0) is 14.3 Å². The van der Waals surface area contributed by atoms with Crippen molar-refractivity contribution in [3.63, 3.8) is 0 Å². The molecule has 1 N–H and O–H groups in total. The second-order valence-electron chi connectivity index (χ2n) is 4.45. The van der Waals surface area contributed by atoms with E-state index in [4.69, 9.17) is 11.6 Å². The van der Waals surface area contributed by atoms with Gasteiger partial charge in [-0.15, -0.1) is 10.2 Å². The maximum atomic E-state index is 12.1. The van der Waals surface area contributed by atoms with Gasteiger partial charge >= 0.3 is 5.97 Å². The van der Waals surface area contributed by atoms with Crippen molar-refractivity contribution >= 4 is 46.6 Å². The monoisotopic (exact) mass is 371 g/mol. The Hall–Kier alpha value is -1.64. The number of methoxy groups -OCH3 is 1. The first-order valence-electron chi connectivity index (χ1n) is 6.59. The van der Waals surface area contributed by atoms with E-state index in [1.807, 2.05) is 0 Å². The number of carbonyl (C=O) groups excluding carboxylic acids is 2. The largest absolute Gasteiger partial charge is 0.469 e. The minimum Gasteiger partial charge on any atom is -0.469 e. The molecule has 0 aliphatic carbocycles. The molecule has 1 atom stereocenters. The van der Waals surface area contributed by atoms with Crippen LogP contribution in [-0.4, -0.2) is 34.9 Å². The normalized spacial score (nSPS) is 11.7. The van der Waals surface area contributed by atoms with Crippen LogP contribution in [0.15, 0.2) is 34.1 Å². The van der Waals surface area contributed by atoms with Crippen molar-refractivity contribution in [1.29, 1.82) is 0 Å². The van der Waals surface area contributed by atoms with Gasteiger partial charge in [-0.05, 0) is 17.7 Å². The maximum absolute atomic E-state index is 12.1. The van der Waals surface area contributed by atoms with Crippen LogP contribution in [0, 0.1) is 0 Å². The van der Waals surface area contributed by atoms with Crippen molar-refractivity contribution in [2.24, 2.45) is 0 Å². The smallest absolute Gasteiger partial charge is 0.307 e. The minimum absolute atomic E-state index is 0.0490. The fourth-order valence-corrected chi connectivity index (χ4v) is 3.21. The van der Waals surface area contributed by atoms with Gasteiger partial charge in [0.05, 0.1) is 25.3 Å². The summed E-state index contributed by atoms with van der Waals surface area (Å²) in [5.74, 6) is -0.406. The molecule has 122 valence electrons. The molecule has 1 amide bonds. The quantitative estimate of drug-likeness (QED) is 0.595. The molecule has 0 fully saturated rings. The number of rotatable bonds is 7. The van der Waals surface area contributed by atoms with Crippen LogP contribution in [0.3, 0.4) is 0 Å². The van der Waals surface area contributed by atoms with Gasteiger partial charge in [-0.25, -0.2) is 0 Å². The third kappa shape index (κ3) is 5.81. The van der Waals surface area contributed by atoms with E-state index in [9.17, 15) is 9.59 Å². The average molecular weight is 372 g/mol. The summed E-state index contributed by atoms with van der Waals surface area (Å²) in [6, 6.07) is 6.50. The highest BCUT2D eigenvalue weighted by Crippen LogP contribution is 2.22. The summed E-state index contributed by atoms with van der Waals surface area (Å²) in [5, 5.41) is 11.0. The van der Waals surface area contributed by atoms with Crippen LogP contribution in [0.5, 0.6) is 0 Å². The summed E-state index contributed by atoms with van der Waals surface area (Å²) in [6.45, 7) is 0. The van der Waals surface area contributed by atoms with E-state index in [0.717, 1.165) is 9.90 Å². The lowest BCUT2D eigenvalue weighted by atomic mass is 10.0. The van der Waals surface area contributed by atoms with Crippen LogP contribution in [0.2, 0.25) is 5.02 Å². The van der Waals surface area contributed by atoms with E-state index >= 15 is 0 Å². The molecule has 2 rings (SSSR count). The zero-order chi connectivity index (χ0) is 16.7. The number of hydrogen-bond acceptors (Lipinski definition) is 7. The van der Waals surface area contributed by atoms with Gasteiger partial charge < -0.3 is 10.1 Å². The molecular weight excluding hydrogens is 358 g/mol. The van der Waals surface area contributed by atoms with Crippen molar-refractivity contribution in [3.8, 4) is 0 Å². The highest BCUT2D eigenvalue weighted by Gasteiger charge is 2.19. The van der Waals surface area contributed by atoms with Crippen LogP contribution < -0.4 is 5.32 Å². The number of thioether (sulfide) groups is 1. The summed E-state index contributed by atoms with van der Waals surface area (Å²) in [4.78, 5) is 23.7. The summed E-state index contributed by atoms with van der Waals surface area (Å²) in [5.41, 5.74) is 2.39. The number of nitrogens with one attached hydrogen (secondary N) is 1. The molecule has 0 spiro atoms. The fraction of sp³-hybridized carbons (Fsp3) is 0.286. The van der Waals surface area contributed by atoms with Crippen molar-refractivity contribution in [2.45, 2.75) is 16.8 Å². The Bertz CT molecular complexity index is 650. The van der Waals surface area contributed by atoms with Gasteiger partial charge in [0.1, 0.15) is 5.51 Å². The predicted octanol–water partition coefficient (Wildman–Crippen LogP) is 2.70. The second kappa shape index (κ2) is 8.85. The molecule has 1 aromatic carbocycles. The molecule has 1 unspecified atom stereocenters. The summed E-state index contributed by atoms with van der Waals surface area (Å²) in [6.07, 6.45) is 0.0490. The number of hydrogen-bond donors (Lipinski definition) is 1. The zero-order valence-corrected chi connectivity index (χ0v) is 14.6. The number of carbonyl (C=O) groups is 2. The Kier molecular flexibility index (Phi) is 6.82. The molecule has 1 aromatic heterocycles. The van der Waals surface area contributed by atoms with Crippen molar-refractivity contribution in [3.05, 3.63) is 40.4 Å². The van der Waals surface area contributed by atoms with Crippen LogP contribution in [0.4, 0.5) is 0 Å². The van der Waals surface area contributed by atoms with E-state index in [1.165, 1.54) is 30.2 Å². The van der Waals surface area contributed by atoms with Crippen molar-refractivity contribution in [1.82, 2.24) is 15.5 Å². The average Bonchev–Trinajstić information content (AvgIpc) is 3.06. The standard InChI is InChI=1S/C14H14ClN3O3S2/c1-21-13(20)6-11(9-2-4-10(15)5-3-9)17-12(19)7-22-14-18-16-8-23-14/h2-5,8,11H,6-7H2,1H3,(H,17,19). The molecule has 0 bridgehead atoms. The Labute approximate surface area is 146 Å². The van der Waals surface area contributed by atoms with Gasteiger partial charge in [0.2, 0.25) is 5.91 Å². The van der Waals surface area contributed by atoms with Crippen LogP contribution >= 0.6 is 34.7 Å². The van der Waals surface area contributed by atoms with E-state index in [1.54, 1.807) is 29.8 Å².